The van der Waals surface area contributed by atoms with Gasteiger partial charge in [0.15, 0.2) is 0 Å². The molecule has 0 aromatic rings. The lowest BCUT2D eigenvalue weighted by Crippen LogP contribution is -2.59. The van der Waals surface area contributed by atoms with Crippen LogP contribution in [0.1, 0.15) is 33.6 Å². The lowest BCUT2D eigenvalue weighted by Gasteiger charge is -2.41. The standard InChI is InChI=1S/C10H15N3/c1-8-4-9(2,6-11)13-10(3,5-8)7-12/h8,13H,4-5H2,1-3H3. The van der Waals surface area contributed by atoms with Gasteiger partial charge in [-0.05, 0) is 32.6 Å². The Labute approximate surface area is 79.4 Å². The van der Waals surface area contributed by atoms with Crippen LogP contribution in [0.15, 0.2) is 0 Å². The molecule has 0 radical (unpaired) electrons. The van der Waals surface area contributed by atoms with Gasteiger partial charge in [-0.2, -0.15) is 10.5 Å². The molecule has 0 aromatic heterocycles. The minimum Gasteiger partial charge on any atom is -0.282 e. The molecule has 1 fully saturated rings. The molecule has 3 nitrogen and oxygen atoms in total. The van der Waals surface area contributed by atoms with Crippen molar-refractivity contribution in [3.05, 3.63) is 0 Å². The van der Waals surface area contributed by atoms with E-state index in [9.17, 15) is 0 Å². The van der Waals surface area contributed by atoms with Crippen LogP contribution >= 0.6 is 0 Å². The molecule has 1 aliphatic heterocycles. The van der Waals surface area contributed by atoms with E-state index in [4.69, 9.17) is 10.5 Å². The minimum absolute atomic E-state index is 0.426. The average Bonchev–Trinajstić information content (AvgIpc) is 2.02. The topological polar surface area (TPSA) is 59.6 Å². The summed E-state index contributed by atoms with van der Waals surface area (Å²) >= 11 is 0. The molecule has 1 N–H and O–H groups in total. The van der Waals surface area contributed by atoms with Crippen LogP contribution in [-0.4, -0.2) is 11.1 Å². The van der Waals surface area contributed by atoms with E-state index >= 15 is 0 Å². The summed E-state index contributed by atoms with van der Waals surface area (Å²) in [7, 11) is 0. The highest BCUT2D eigenvalue weighted by Gasteiger charge is 2.41. The normalized spacial score (nSPS) is 44.8. The van der Waals surface area contributed by atoms with Crippen molar-refractivity contribution in [1.82, 2.24) is 5.32 Å². The lowest BCUT2D eigenvalue weighted by atomic mass is 9.76. The van der Waals surface area contributed by atoms with E-state index in [2.05, 4.69) is 24.4 Å². The molecule has 0 amide bonds. The number of hydrogen-bond acceptors (Lipinski definition) is 3. The second-order valence-corrected chi connectivity index (χ2v) is 4.53. The third kappa shape index (κ3) is 1.99. The quantitative estimate of drug-likeness (QED) is 0.611. The maximum atomic E-state index is 8.97. The van der Waals surface area contributed by atoms with Gasteiger partial charge in [0.05, 0.1) is 12.1 Å². The SMILES string of the molecule is CC1CC(C)(C#N)NC(C)(C#N)C1. The Hall–Kier alpha value is -1.06. The summed E-state index contributed by atoms with van der Waals surface area (Å²) in [5.41, 5.74) is -1.08. The Morgan fingerprint density at radius 1 is 1.15 bits per heavy atom. The Balaban J connectivity index is 2.89. The first-order valence-corrected chi connectivity index (χ1v) is 4.55. The summed E-state index contributed by atoms with van der Waals surface area (Å²) in [5, 5.41) is 21.1. The highest BCUT2D eigenvalue weighted by Crippen LogP contribution is 2.32. The van der Waals surface area contributed by atoms with Crippen LogP contribution in [-0.2, 0) is 0 Å². The van der Waals surface area contributed by atoms with E-state index in [-0.39, 0.29) is 0 Å². The third-order valence-electron chi connectivity index (χ3n) is 2.56. The van der Waals surface area contributed by atoms with E-state index in [1.807, 2.05) is 13.8 Å². The Kier molecular flexibility index (Phi) is 2.32. The fraction of sp³-hybridized carbons (Fsp3) is 0.800. The Bertz CT molecular complexity index is 258. The molecule has 0 spiro atoms. The number of nitriles is 2. The number of piperidine rings is 1. The summed E-state index contributed by atoms with van der Waals surface area (Å²) in [5.74, 6) is 0.426. The van der Waals surface area contributed by atoms with Gasteiger partial charge in [0.25, 0.3) is 0 Å². The second kappa shape index (κ2) is 3.01. The van der Waals surface area contributed by atoms with Gasteiger partial charge in [0, 0.05) is 0 Å². The van der Waals surface area contributed by atoms with Gasteiger partial charge in [0.1, 0.15) is 11.1 Å². The zero-order chi connectivity index (χ0) is 10.1. The Morgan fingerprint density at radius 3 is 1.85 bits per heavy atom. The molecule has 2 unspecified atom stereocenters. The molecule has 1 rings (SSSR count). The molecule has 0 aromatic carbocycles. The van der Waals surface area contributed by atoms with Gasteiger partial charge in [0.2, 0.25) is 0 Å². The van der Waals surface area contributed by atoms with Crippen LogP contribution < -0.4 is 5.32 Å². The molecular weight excluding hydrogens is 162 g/mol. The van der Waals surface area contributed by atoms with Crippen LogP contribution in [0.4, 0.5) is 0 Å². The number of nitrogens with zero attached hydrogens (tertiary/aromatic N) is 2. The minimum atomic E-state index is -0.540. The molecule has 1 heterocycles. The smallest absolute Gasteiger partial charge is 0.105 e. The van der Waals surface area contributed by atoms with Crippen LogP contribution in [0, 0.1) is 28.6 Å². The molecule has 1 saturated heterocycles. The van der Waals surface area contributed by atoms with Gasteiger partial charge in [-0.3, -0.25) is 5.32 Å². The van der Waals surface area contributed by atoms with Crippen molar-refractivity contribution in [2.75, 3.05) is 0 Å². The van der Waals surface area contributed by atoms with Gasteiger partial charge in [-0.15, -0.1) is 0 Å². The fourth-order valence-corrected chi connectivity index (χ4v) is 2.32. The summed E-state index contributed by atoms with van der Waals surface area (Å²) in [6.07, 6.45) is 1.64. The summed E-state index contributed by atoms with van der Waals surface area (Å²) < 4.78 is 0. The van der Waals surface area contributed by atoms with Crippen molar-refractivity contribution in [3.63, 3.8) is 0 Å². The van der Waals surface area contributed by atoms with Crippen LogP contribution in [0.5, 0.6) is 0 Å². The maximum absolute atomic E-state index is 8.97. The molecule has 2 atom stereocenters. The average molecular weight is 177 g/mol. The summed E-state index contributed by atoms with van der Waals surface area (Å²) in [4.78, 5) is 0. The van der Waals surface area contributed by atoms with Crippen molar-refractivity contribution >= 4 is 0 Å². The van der Waals surface area contributed by atoms with Crippen LogP contribution in [0.2, 0.25) is 0 Å². The predicted molar refractivity (Wildman–Crippen MR) is 49.6 cm³/mol. The number of nitrogens with one attached hydrogen (secondary N) is 1. The van der Waals surface area contributed by atoms with Crippen LogP contribution in [0.25, 0.3) is 0 Å². The van der Waals surface area contributed by atoms with Crippen molar-refractivity contribution in [1.29, 1.82) is 10.5 Å². The molecule has 0 saturated carbocycles. The van der Waals surface area contributed by atoms with Crippen LogP contribution in [0.3, 0.4) is 0 Å². The van der Waals surface area contributed by atoms with E-state index < -0.39 is 11.1 Å². The molecule has 70 valence electrons. The van der Waals surface area contributed by atoms with E-state index in [1.54, 1.807) is 0 Å². The molecular formula is C10H15N3. The highest BCUT2D eigenvalue weighted by atomic mass is 15.1. The zero-order valence-electron chi connectivity index (χ0n) is 8.39. The van der Waals surface area contributed by atoms with Crippen molar-refractivity contribution in [2.45, 2.75) is 44.7 Å². The monoisotopic (exact) mass is 177 g/mol. The Morgan fingerprint density at radius 2 is 1.54 bits per heavy atom. The number of rotatable bonds is 0. The van der Waals surface area contributed by atoms with Gasteiger partial charge >= 0.3 is 0 Å². The first-order chi connectivity index (χ1) is 5.93. The predicted octanol–water partition coefficient (Wildman–Crippen LogP) is 1.57. The maximum Gasteiger partial charge on any atom is 0.105 e. The fourth-order valence-electron chi connectivity index (χ4n) is 2.32. The van der Waals surface area contributed by atoms with E-state index in [0.29, 0.717) is 5.92 Å². The first kappa shape index (κ1) is 10.0. The molecule has 0 aliphatic carbocycles. The second-order valence-electron chi connectivity index (χ2n) is 4.53. The molecule has 1 aliphatic rings. The van der Waals surface area contributed by atoms with E-state index in [1.165, 1.54) is 0 Å². The first-order valence-electron chi connectivity index (χ1n) is 4.55. The van der Waals surface area contributed by atoms with Gasteiger partial charge < -0.3 is 0 Å². The van der Waals surface area contributed by atoms with Crippen molar-refractivity contribution in [2.24, 2.45) is 5.92 Å². The largest absolute Gasteiger partial charge is 0.282 e. The van der Waals surface area contributed by atoms with E-state index in [0.717, 1.165) is 12.8 Å². The molecule has 0 bridgehead atoms. The molecule has 13 heavy (non-hydrogen) atoms. The summed E-state index contributed by atoms with van der Waals surface area (Å²) in [6, 6.07) is 4.48. The summed E-state index contributed by atoms with van der Waals surface area (Å²) in [6.45, 7) is 5.81. The van der Waals surface area contributed by atoms with Gasteiger partial charge in [-0.25, -0.2) is 0 Å². The van der Waals surface area contributed by atoms with Crippen molar-refractivity contribution in [3.8, 4) is 12.1 Å². The molecule has 3 heteroatoms. The highest BCUT2D eigenvalue weighted by molar-refractivity contribution is 5.18. The van der Waals surface area contributed by atoms with Crippen molar-refractivity contribution < 1.29 is 0 Å². The third-order valence-corrected chi connectivity index (χ3v) is 2.56. The number of hydrogen-bond donors (Lipinski definition) is 1. The zero-order valence-corrected chi connectivity index (χ0v) is 8.39. The lowest BCUT2D eigenvalue weighted by molar-refractivity contribution is 0.187. The van der Waals surface area contributed by atoms with Gasteiger partial charge in [-0.1, -0.05) is 6.92 Å².